The monoisotopic (exact) mass is 281 g/mol. The maximum atomic E-state index is 12.4. The van der Waals surface area contributed by atoms with E-state index in [0.29, 0.717) is 6.04 Å². The lowest BCUT2D eigenvalue weighted by Crippen LogP contribution is -2.52. The van der Waals surface area contributed by atoms with Crippen molar-refractivity contribution in [2.75, 3.05) is 13.1 Å². The van der Waals surface area contributed by atoms with E-state index in [0.717, 1.165) is 38.8 Å². The van der Waals surface area contributed by atoms with Gasteiger partial charge in [0.25, 0.3) is 0 Å². The second-order valence-electron chi connectivity index (χ2n) is 6.13. The standard InChI is InChI=1S/C15H27N3O2/c1-11(14(19)17-13-7-8-13)16-12(2)15(20)18-9-5-3-4-6-10-18/h11-13,16H,3-10H2,1-2H3,(H,17,19). The van der Waals surface area contributed by atoms with Gasteiger partial charge in [0.05, 0.1) is 12.1 Å². The van der Waals surface area contributed by atoms with Crippen LogP contribution in [0.25, 0.3) is 0 Å². The van der Waals surface area contributed by atoms with Crippen LogP contribution in [0.1, 0.15) is 52.4 Å². The van der Waals surface area contributed by atoms with Crippen molar-refractivity contribution in [3.8, 4) is 0 Å². The van der Waals surface area contributed by atoms with Gasteiger partial charge in [-0.25, -0.2) is 0 Å². The van der Waals surface area contributed by atoms with Gasteiger partial charge < -0.3 is 10.2 Å². The SMILES string of the molecule is CC(NC(C)C(=O)N1CCCCCC1)C(=O)NC1CC1. The Balaban J connectivity index is 1.78. The number of hydrogen-bond donors (Lipinski definition) is 2. The first-order chi connectivity index (χ1) is 9.58. The molecule has 2 aliphatic rings. The second-order valence-corrected chi connectivity index (χ2v) is 6.13. The number of carbonyl (C=O) groups is 2. The van der Waals surface area contributed by atoms with E-state index in [1.807, 2.05) is 18.7 Å². The zero-order valence-electron chi connectivity index (χ0n) is 12.7. The highest BCUT2D eigenvalue weighted by molar-refractivity contribution is 5.85. The molecule has 1 aliphatic heterocycles. The Morgan fingerprint density at radius 2 is 1.60 bits per heavy atom. The molecule has 1 heterocycles. The summed E-state index contributed by atoms with van der Waals surface area (Å²) in [5.74, 6) is 0.126. The number of rotatable bonds is 5. The quantitative estimate of drug-likeness (QED) is 0.791. The smallest absolute Gasteiger partial charge is 0.239 e. The molecule has 0 aromatic carbocycles. The number of nitrogens with one attached hydrogen (secondary N) is 2. The van der Waals surface area contributed by atoms with Gasteiger partial charge in [0, 0.05) is 19.1 Å². The molecule has 2 atom stereocenters. The minimum Gasteiger partial charge on any atom is -0.352 e. The number of hydrogen-bond acceptors (Lipinski definition) is 3. The largest absolute Gasteiger partial charge is 0.352 e. The summed E-state index contributed by atoms with van der Waals surface area (Å²) in [5, 5.41) is 6.09. The maximum Gasteiger partial charge on any atom is 0.239 e. The Hall–Kier alpha value is -1.10. The van der Waals surface area contributed by atoms with E-state index in [4.69, 9.17) is 0 Å². The fourth-order valence-electron chi connectivity index (χ4n) is 2.64. The molecule has 2 N–H and O–H groups in total. The van der Waals surface area contributed by atoms with Crippen molar-refractivity contribution in [1.82, 2.24) is 15.5 Å². The summed E-state index contributed by atoms with van der Waals surface area (Å²) < 4.78 is 0. The van der Waals surface area contributed by atoms with Gasteiger partial charge in [0.1, 0.15) is 0 Å². The average Bonchev–Trinajstić information content (AvgIpc) is 3.23. The molecule has 5 nitrogen and oxygen atoms in total. The first-order valence-corrected chi connectivity index (χ1v) is 7.93. The minimum atomic E-state index is -0.318. The van der Waals surface area contributed by atoms with Crippen LogP contribution in [0.4, 0.5) is 0 Å². The molecule has 2 unspecified atom stereocenters. The lowest BCUT2D eigenvalue weighted by molar-refractivity contribution is -0.133. The van der Waals surface area contributed by atoms with E-state index < -0.39 is 0 Å². The molecular formula is C15H27N3O2. The van der Waals surface area contributed by atoms with Crippen molar-refractivity contribution in [1.29, 1.82) is 0 Å². The molecule has 1 aliphatic carbocycles. The van der Waals surface area contributed by atoms with Gasteiger partial charge in [-0.15, -0.1) is 0 Å². The molecule has 2 amide bonds. The predicted molar refractivity (Wildman–Crippen MR) is 78.3 cm³/mol. The highest BCUT2D eigenvalue weighted by atomic mass is 16.2. The van der Waals surface area contributed by atoms with Crippen molar-refractivity contribution >= 4 is 11.8 Å². The van der Waals surface area contributed by atoms with Crippen LogP contribution in [0.5, 0.6) is 0 Å². The summed E-state index contributed by atoms with van der Waals surface area (Å²) >= 11 is 0. The highest BCUT2D eigenvalue weighted by Crippen LogP contribution is 2.18. The maximum absolute atomic E-state index is 12.4. The summed E-state index contributed by atoms with van der Waals surface area (Å²) in [4.78, 5) is 26.2. The third-order valence-corrected chi connectivity index (χ3v) is 4.11. The molecule has 1 saturated carbocycles. The summed E-state index contributed by atoms with van der Waals surface area (Å²) in [6.45, 7) is 5.39. The van der Waals surface area contributed by atoms with Crippen LogP contribution in [-0.4, -0.2) is 47.9 Å². The van der Waals surface area contributed by atoms with Crippen molar-refractivity contribution in [2.45, 2.75) is 70.5 Å². The first-order valence-electron chi connectivity index (χ1n) is 7.93. The number of likely N-dealkylation sites (tertiary alicyclic amines) is 1. The fourth-order valence-corrected chi connectivity index (χ4v) is 2.64. The molecule has 2 fully saturated rings. The van der Waals surface area contributed by atoms with Crippen LogP contribution in [0.2, 0.25) is 0 Å². The average molecular weight is 281 g/mol. The Morgan fingerprint density at radius 1 is 1.00 bits per heavy atom. The Labute approximate surface area is 121 Å². The number of carbonyl (C=O) groups excluding carboxylic acids is 2. The van der Waals surface area contributed by atoms with Gasteiger partial charge in [-0.2, -0.15) is 0 Å². The Kier molecular flexibility index (Phi) is 5.40. The normalized spacial score (nSPS) is 22.8. The van der Waals surface area contributed by atoms with E-state index in [9.17, 15) is 9.59 Å². The molecule has 0 aromatic heterocycles. The molecule has 20 heavy (non-hydrogen) atoms. The third kappa shape index (κ3) is 4.47. The Bertz CT molecular complexity index is 347. The minimum absolute atomic E-state index is 0.00279. The lowest BCUT2D eigenvalue weighted by Gasteiger charge is -2.26. The highest BCUT2D eigenvalue weighted by Gasteiger charge is 2.28. The molecule has 0 radical (unpaired) electrons. The zero-order chi connectivity index (χ0) is 14.5. The van der Waals surface area contributed by atoms with Crippen LogP contribution in [-0.2, 0) is 9.59 Å². The lowest BCUT2D eigenvalue weighted by atomic mass is 10.2. The second kappa shape index (κ2) is 7.07. The van der Waals surface area contributed by atoms with Gasteiger partial charge in [0.2, 0.25) is 11.8 Å². The summed E-state index contributed by atoms with van der Waals surface area (Å²) in [6, 6.07) is -0.252. The van der Waals surface area contributed by atoms with Gasteiger partial charge in [-0.3, -0.25) is 14.9 Å². The van der Waals surface area contributed by atoms with Crippen molar-refractivity contribution in [3.05, 3.63) is 0 Å². The topological polar surface area (TPSA) is 61.4 Å². The van der Waals surface area contributed by atoms with Crippen LogP contribution < -0.4 is 10.6 Å². The van der Waals surface area contributed by atoms with E-state index >= 15 is 0 Å². The number of nitrogens with zero attached hydrogens (tertiary/aromatic N) is 1. The van der Waals surface area contributed by atoms with Gasteiger partial charge in [-0.1, -0.05) is 12.8 Å². The predicted octanol–water partition coefficient (Wildman–Crippen LogP) is 1.03. The molecule has 5 heteroatoms. The Morgan fingerprint density at radius 3 is 2.15 bits per heavy atom. The van der Waals surface area contributed by atoms with Crippen molar-refractivity contribution < 1.29 is 9.59 Å². The van der Waals surface area contributed by atoms with E-state index in [-0.39, 0.29) is 23.9 Å². The summed E-state index contributed by atoms with van der Waals surface area (Å²) in [5.41, 5.74) is 0. The van der Waals surface area contributed by atoms with Crippen LogP contribution >= 0.6 is 0 Å². The van der Waals surface area contributed by atoms with Crippen LogP contribution in [0.15, 0.2) is 0 Å². The molecular weight excluding hydrogens is 254 g/mol. The van der Waals surface area contributed by atoms with Gasteiger partial charge in [0.15, 0.2) is 0 Å². The van der Waals surface area contributed by atoms with Gasteiger partial charge >= 0.3 is 0 Å². The zero-order valence-corrected chi connectivity index (χ0v) is 12.7. The summed E-state index contributed by atoms with van der Waals surface area (Å²) in [6.07, 6.45) is 6.78. The van der Waals surface area contributed by atoms with Crippen molar-refractivity contribution in [2.24, 2.45) is 0 Å². The molecule has 0 spiro atoms. The van der Waals surface area contributed by atoms with Crippen molar-refractivity contribution in [3.63, 3.8) is 0 Å². The molecule has 0 bridgehead atoms. The third-order valence-electron chi connectivity index (χ3n) is 4.11. The van der Waals surface area contributed by atoms with E-state index in [1.165, 1.54) is 12.8 Å². The van der Waals surface area contributed by atoms with E-state index in [1.54, 1.807) is 0 Å². The number of amides is 2. The molecule has 1 saturated heterocycles. The summed E-state index contributed by atoms with van der Waals surface area (Å²) in [7, 11) is 0. The van der Waals surface area contributed by atoms with E-state index in [2.05, 4.69) is 10.6 Å². The molecule has 114 valence electrons. The van der Waals surface area contributed by atoms with Gasteiger partial charge in [-0.05, 0) is 39.5 Å². The fraction of sp³-hybridized carbons (Fsp3) is 0.867. The molecule has 2 rings (SSSR count). The molecule has 0 aromatic rings. The van der Waals surface area contributed by atoms with Crippen LogP contribution in [0.3, 0.4) is 0 Å². The van der Waals surface area contributed by atoms with Crippen LogP contribution in [0, 0.1) is 0 Å². The first kappa shape index (κ1) is 15.3.